The summed E-state index contributed by atoms with van der Waals surface area (Å²) < 4.78 is 5.15. The summed E-state index contributed by atoms with van der Waals surface area (Å²) in [5.74, 6) is 1.23. The summed E-state index contributed by atoms with van der Waals surface area (Å²) in [4.78, 5) is 13.2. The van der Waals surface area contributed by atoms with E-state index in [2.05, 4.69) is 20.3 Å². The zero-order valence-corrected chi connectivity index (χ0v) is 15.4. The summed E-state index contributed by atoms with van der Waals surface area (Å²) in [5.41, 5.74) is 13.4. The predicted molar refractivity (Wildman–Crippen MR) is 108 cm³/mol. The van der Waals surface area contributed by atoms with Crippen molar-refractivity contribution in [2.24, 2.45) is 16.5 Å². The Morgan fingerprint density at radius 2 is 2.00 bits per heavy atom. The van der Waals surface area contributed by atoms with Crippen LogP contribution in [-0.4, -0.2) is 46.4 Å². The number of aliphatic imine (C=N–C) groups is 1. The highest BCUT2D eigenvalue weighted by atomic mass is 16.5. The highest BCUT2D eigenvalue weighted by Gasteiger charge is 2.11. The number of nitrogens with two attached hydrogens (primary N) is 2. The Morgan fingerprint density at radius 3 is 2.71 bits per heavy atom. The fourth-order valence-corrected chi connectivity index (χ4v) is 2.77. The Balaban J connectivity index is 2.04. The van der Waals surface area contributed by atoms with E-state index in [1.165, 1.54) is 7.11 Å². The number of benzene rings is 2. The molecule has 28 heavy (non-hydrogen) atoms. The molecule has 1 aromatic heterocycles. The number of aromatic nitrogens is 2. The molecule has 7 N–H and O–H groups in total. The number of fused-ring (bicyclic) bond motifs is 1. The highest BCUT2D eigenvalue weighted by Crippen LogP contribution is 2.29. The first-order valence-corrected chi connectivity index (χ1v) is 8.61. The lowest BCUT2D eigenvalue weighted by atomic mass is 10.1. The molecule has 0 saturated heterocycles. The molecule has 0 fully saturated rings. The number of hydrogen-bond donors (Lipinski definition) is 5. The van der Waals surface area contributed by atoms with Gasteiger partial charge in [-0.1, -0.05) is 6.07 Å². The quantitative estimate of drug-likeness (QED) is 0.302. The largest absolute Gasteiger partial charge is 0.504 e. The molecule has 0 amide bonds. The van der Waals surface area contributed by atoms with Crippen molar-refractivity contribution in [2.75, 3.05) is 25.6 Å². The van der Waals surface area contributed by atoms with Gasteiger partial charge in [-0.05, 0) is 35.9 Å². The summed E-state index contributed by atoms with van der Waals surface area (Å²) in [6.07, 6.45) is 0.397. The summed E-state index contributed by atoms with van der Waals surface area (Å²) in [5, 5.41) is 22.6. The molecule has 0 aliphatic carbocycles. The van der Waals surface area contributed by atoms with Gasteiger partial charge in [0.25, 0.3) is 0 Å². The van der Waals surface area contributed by atoms with E-state index in [9.17, 15) is 5.11 Å². The van der Waals surface area contributed by atoms with Crippen molar-refractivity contribution in [3.8, 4) is 11.5 Å². The molecule has 3 rings (SSSR count). The number of phenols is 1. The number of ether oxygens (including phenoxy) is 1. The minimum absolute atomic E-state index is 0.0228. The van der Waals surface area contributed by atoms with Crippen LogP contribution in [0.4, 0.5) is 11.5 Å². The third-order valence-corrected chi connectivity index (χ3v) is 4.01. The van der Waals surface area contributed by atoms with Gasteiger partial charge in [-0.3, -0.25) is 0 Å². The standard InChI is InChI=1S/C19H22N6O3/c1-28-16-8-11(2-5-15(16)27)9-17-23-14-10-12(22-6-7-26)3-4-13(14)18(24-17)25-19(20)21/h2-5,8,10,22,26-27H,6-7,9H2,1H3,(H4,20,21,23,24,25). The molecular weight excluding hydrogens is 360 g/mol. The second kappa shape index (κ2) is 8.40. The van der Waals surface area contributed by atoms with E-state index in [-0.39, 0.29) is 18.3 Å². The van der Waals surface area contributed by atoms with Gasteiger partial charge in [0.2, 0.25) is 0 Å². The van der Waals surface area contributed by atoms with Crippen LogP contribution in [-0.2, 0) is 6.42 Å². The second-order valence-electron chi connectivity index (χ2n) is 6.07. The van der Waals surface area contributed by atoms with Gasteiger partial charge in [0, 0.05) is 24.0 Å². The van der Waals surface area contributed by atoms with Gasteiger partial charge in [0.15, 0.2) is 23.3 Å². The van der Waals surface area contributed by atoms with Crippen molar-refractivity contribution >= 4 is 28.4 Å². The smallest absolute Gasteiger partial charge is 0.192 e. The van der Waals surface area contributed by atoms with Crippen molar-refractivity contribution in [1.29, 1.82) is 0 Å². The zero-order valence-electron chi connectivity index (χ0n) is 15.4. The van der Waals surface area contributed by atoms with Crippen LogP contribution in [0.2, 0.25) is 0 Å². The average molecular weight is 382 g/mol. The van der Waals surface area contributed by atoms with Crippen LogP contribution < -0.4 is 21.5 Å². The van der Waals surface area contributed by atoms with Gasteiger partial charge in [-0.2, -0.15) is 4.99 Å². The van der Waals surface area contributed by atoms with Crippen molar-refractivity contribution in [3.05, 3.63) is 47.8 Å². The first-order valence-electron chi connectivity index (χ1n) is 8.61. The molecule has 0 saturated carbocycles. The van der Waals surface area contributed by atoms with Crippen LogP contribution in [0.3, 0.4) is 0 Å². The topological polar surface area (TPSA) is 152 Å². The maximum absolute atomic E-state index is 9.76. The molecule has 0 aliphatic heterocycles. The molecule has 9 heteroatoms. The molecule has 1 heterocycles. The van der Waals surface area contributed by atoms with E-state index in [1.807, 2.05) is 18.2 Å². The lowest BCUT2D eigenvalue weighted by molar-refractivity contribution is 0.311. The summed E-state index contributed by atoms with van der Waals surface area (Å²) in [6, 6.07) is 10.6. The minimum atomic E-state index is -0.0975. The Labute approximate surface area is 161 Å². The lowest BCUT2D eigenvalue weighted by Gasteiger charge is -2.10. The summed E-state index contributed by atoms with van der Waals surface area (Å²) >= 11 is 0. The molecule has 0 aliphatic rings. The van der Waals surface area contributed by atoms with Gasteiger partial charge >= 0.3 is 0 Å². The monoisotopic (exact) mass is 382 g/mol. The third-order valence-electron chi connectivity index (χ3n) is 4.01. The predicted octanol–water partition coefficient (Wildman–Crippen LogP) is 1.24. The van der Waals surface area contributed by atoms with E-state index in [1.54, 1.807) is 18.2 Å². The highest BCUT2D eigenvalue weighted by molar-refractivity contribution is 5.92. The molecule has 0 atom stereocenters. The molecule has 0 bridgehead atoms. The van der Waals surface area contributed by atoms with Crippen molar-refractivity contribution in [1.82, 2.24) is 9.97 Å². The van der Waals surface area contributed by atoms with Crippen LogP contribution in [0.25, 0.3) is 10.9 Å². The van der Waals surface area contributed by atoms with E-state index in [0.717, 1.165) is 11.3 Å². The van der Waals surface area contributed by atoms with Crippen molar-refractivity contribution in [3.63, 3.8) is 0 Å². The van der Waals surface area contributed by atoms with E-state index < -0.39 is 0 Å². The number of methoxy groups -OCH3 is 1. The molecule has 146 valence electrons. The third kappa shape index (κ3) is 4.38. The number of rotatable bonds is 7. The maximum Gasteiger partial charge on any atom is 0.192 e. The number of phenolic OH excluding ortho intramolecular Hbond substituents is 1. The number of aliphatic hydroxyl groups excluding tert-OH is 1. The second-order valence-corrected chi connectivity index (χ2v) is 6.07. The SMILES string of the molecule is COc1cc(Cc2nc(N=C(N)N)c3ccc(NCCO)cc3n2)ccc1O. The molecule has 9 nitrogen and oxygen atoms in total. The molecule has 0 radical (unpaired) electrons. The van der Waals surface area contributed by atoms with Crippen LogP contribution in [0, 0.1) is 0 Å². The van der Waals surface area contributed by atoms with Gasteiger partial charge in [0.1, 0.15) is 5.82 Å². The number of nitrogens with one attached hydrogen (secondary N) is 1. The van der Waals surface area contributed by atoms with E-state index in [0.29, 0.717) is 41.3 Å². The summed E-state index contributed by atoms with van der Waals surface area (Å²) in [6.45, 7) is 0.451. The Bertz CT molecular complexity index is 1020. The number of anilines is 1. The van der Waals surface area contributed by atoms with Gasteiger partial charge in [-0.15, -0.1) is 0 Å². The number of aromatic hydroxyl groups is 1. The van der Waals surface area contributed by atoms with Crippen LogP contribution >= 0.6 is 0 Å². The number of nitrogens with zero attached hydrogens (tertiary/aromatic N) is 3. The van der Waals surface area contributed by atoms with Gasteiger partial charge in [-0.25, -0.2) is 9.97 Å². The molecule has 0 spiro atoms. The van der Waals surface area contributed by atoms with Crippen LogP contribution in [0.1, 0.15) is 11.4 Å². The van der Waals surface area contributed by atoms with Crippen LogP contribution in [0.5, 0.6) is 11.5 Å². The normalized spacial score (nSPS) is 10.6. The van der Waals surface area contributed by atoms with Gasteiger partial charge < -0.3 is 31.7 Å². The molecule has 3 aromatic rings. The number of guanidine groups is 1. The van der Waals surface area contributed by atoms with Crippen molar-refractivity contribution in [2.45, 2.75) is 6.42 Å². The van der Waals surface area contributed by atoms with Crippen LogP contribution in [0.15, 0.2) is 41.4 Å². The Morgan fingerprint density at radius 1 is 1.18 bits per heavy atom. The fraction of sp³-hybridized carbons (Fsp3) is 0.211. The number of aliphatic hydroxyl groups is 1. The van der Waals surface area contributed by atoms with E-state index in [4.69, 9.17) is 21.3 Å². The summed E-state index contributed by atoms with van der Waals surface area (Å²) in [7, 11) is 1.49. The molecular formula is C19H22N6O3. The zero-order chi connectivity index (χ0) is 20.1. The fourth-order valence-electron chi connectivity index (χ4n) is 2.77. The number of hydrogen-bond acceptors (Lipinski definition) is 7. The molecule has 0 unspecified atom stereocenters. The maximum atomic E-state index is 9.76. The first kappa shape index (κ1) is 19.2. The average Bonchev–Trinajstić information content (AvgIpc) is 2.67. The first-order chi connectivity index (χ1) is 13.5. The Hall–Kier alpha value is -3.59. The lowest BCUT2D eigenvalue weighted by Crippen LogP contribution is -2.22. The molecule has 2 aromatic carbocycles. The van der Waals surface area contributed by atoms with Gasteiger partial charge in [0.05, 0.1) is 19.2 Å². The van der Waals surface area contributed by atoms with Crippen molar-refractivity contribution < 1.29 is 14.9 Å². The Kier molecular flexibility index (Phi) is 5.75. The van der Waals surface area contributed by atoms with E-state index >= 15 is 0 Å². The minimum Gasteiger partial charge on any atom is -0.504 e.